The van der Waals surface area contributed by atoms with Crippen molar-refractivity contribution in [1.29, 1.82) is 0 Å². The Hall–Kier alpha value is -2.25. The first-order valence-electron chi connectivity index (χ1n) is 7.84. The molecule has 27 heavy (non-hydrogen) atoms. The number of carbonyl (C=O) groups excluding carboxylic acids is 2. The van der Waals surface area contributed by atoms with E-state index in [-0.39, 0.29) is 34.4 Å². The number of para-hydroxylation sites is 1. The highest BCUT2D eigenvalue weighted by Gasteiger charge is 2.30. The van der Waals surface area contributed by atoms with E-state index in [1.165, 1.54) is 4.90 Å². The van der Waals surface area contributed by atoms with Crippen molar-refractivity contribution in [2.75, 3.05) is 18.4 Å². The number of carbonyl (C=O) groups is 2. The highest BCUT2D eigenvalue weighted by atomic mass is 35.5. The number of benzene rings is 2. The van der Waals surface area contributed by atoms with Crippen LogP contribution in [0, 0.1) is 0 Å². The molecule has 0 atom stereocenters. The smallest absolute Gasteiger partial charge is 0.330 e. The molecule has 0 radical (unpaired) electrons. The van der Waals surface area contributed by atoms with Crippen LogP contribution in [-0.4, -0.2) is 29.8 Å². The first-order valence-corrected chi connectivity index (χ1v) is 8.59. The highest BCUT2D eigenvalue weighted by Crippen LogP contribution is 2.30. The molecule has 0 saturated heterocycles. The largest absolute Gasteiger partial charge is 0.416 e. The van der Waals surface area contributed by atoms with Crippen LogP contribution in [0.4, 0.5) is 18.9 Å². The Morgan fingerprint density at radius 3 is 2.07 bits per heavy atom. The number of anilines is 1. The summed E-state index contributed by atoms with van der Waals surface area (Å²) in [5, 5.41) is 3.02. The Morgan fingerprint density at radius 1 is 1.04 bits per heavy atom. The lowest BCUT2D eigenvalue weighted by atomic mass is 10.1. The van der Waals surface area contributed by atoms with Crippen LogP contribution in [0.5, 0.6) is 0 Å². The van der Waals surface area contributed by atoms with Crippen molar-refractivity contribution in [1.82, 2.24) is 4.90 Å². The van der Waals surface area contributed by atoms with Gasteiger partial charge in [-0.1, -0.05) is 29.3 Å². The molecular formula is C18H15Cl2F3N2O2. The Labute approximate surface area is 163 Å². The normalized spacial score (nSPS) is 11.2. The molecule has 2 aromatic rings. The van der Waals surface area contributed by atoms with Crippen molar-refractivity contribution in [2.45, 2.75) is 13.1 Å². The molecule has 0 unspecified atom stereocenters. The molecule has 2 aromatic carbocycles. The number of alkyl halides is 3. The summed E-state index contributed by atoms with van der Waals surface area (Å²) in [5.41, 5.74) is -0.578. The van der Waals surface area contributed by atoms with E-state index < -0.39 is 23.6 Å². The summed E-state index contributed by atoms with van der Waals surface area (Å²) in [5.74, 6) is -1.10. The molecule has 9 heteroatoms. The third kappa shape index (κ3) is 5.37. The summed E-state index contributed by atoms with van der Waals surface area (Å²) in [4.78, 5) is 25.9. The second kappa shape index (κ2) is 8.63. The van der Waals surface area contributed by atoms with Crippen molar-refractivity contribution in [3.63, 3.8) is 0 Å². The zero-order valence-electron chi connectivity index (χ0n) is 14.1. The molecule has 0 fully saturated rings. The standard InChI is InChI=1S/C18H15Cl2F3N2O2/c1-2-25(10-15(26)24-16-13(19)4-3-5-14(16)20)17(27)11-6-8-12(9-7-11)18(21,22)23/h3-9H,2,10H2,1H3,(H,24,26). The van der Waals surface area contributed by atoms with Gasteiger partial charge in [-0.05, 0) is 43.3 Å². The Morgan fingerprint density at radius 2 is 1.59 bits per heavy atom. The maximum atomic E-state index is 12.6. The van der Waals surface area contributed by atoms with Gasteiger partial charge in [0.2, 0.25) is 5.91 Å². The summed E-state index contributed by atoms with van der Waals surface area (Å²) in [6.07, 6.45) is -4.49. The molecule has 0 bridgehead atoms. The second-order valence-electron chi connectivity index (χ2n) is 5.54. The van der Waals surface area contributed by atoms with Crippen molar-refractivity contribution in [3.05, 3.63) is 63.6 Å². The average Bonchev–Trinajstić information content (AvgIpc) is 2.61. The number of hydrogen-bond acceptors (Lipinski definition) is 2. The first kappa shape index (κ1) is 21.1. The molecule has 4 nitrogen and oxygen atoms in total. The Kier molecular flexibility index (Phi) is 6.73. The van der Waals surface area contributed by atoms with Crippen LogP contribution >= 0.6 is 23.2 Å². The van der Waals surface area contributed by atoms with E-state index in [0.717, 1.165) is 24.3 Å². The van der Waals surface area contributed by atoms with E-state index in [9.17, 15) is 22.8 Å². The minimum absolute atomic E-state index is 0.0495. The lowest BCUT2D eigenvalue weighted by Crippen LogP contribution is -2.38. The number of amides is 2. The third-order valence-corrected chi connectivity index (χ3v) is 4.32. The lowest BCUT2D eigenvalue weighted by molar-refractivity contribution is -0.137. The molecule has 2 amide bonds. The van der Waals surface area contributed by atoms with E-state index in [1.54, 1.807) is 25.1 Å². The van der Waals surface area contributed by atoms with Crippen molar-refractivity contribution in [3.8, 4) is 0 Å². The molecule has 0 aliphatic heterocycles. The van der Waals surface area contributed by atoms with Gasteiger partial charge in [0.25, 0.3) is 5.91 Å². The number of likely N-dealkylation sites (N-methyl/N-ethyl adjacent to an activating group) is 1. The van der Waals surface area contributed by atoms with Crippen molar-refractivity contribution in [2.24, 2.45) is 0 Å². The van der Waals surface area contributed by atoms with Crippen LogP contribution in [0.3, 0.4) is 0 Å². The van der Waals surface area contributed by atoms with Gasteiger partial charge in [-0.2, -0.15) is 13.2 Å². The second-order valence-corrected chi connectivity index (χ2v) is 6.35. The van der Waals surface area contributed by atoms with E-state index in [1.807, 2.05) is 0 Å². The van der Waals surface area contributed by atoms with Crippen LogP contribution in [0.1, 0.15) is 22.8 Å². The van der Waals surface area contributed by atoms with Gasteiger partial charge in [0.05, 0.1) is 21.3 Å². The van der Waals surface area contributed by atoms with Gasteiger partial charge >= 0.3 is 6.18 Å². The minimum Gasteiger partial charge on any atom is -0.330 e. The lowest BCUT2D eigenvalue weighted by Gasteiger charge is -2.21. The fraction of sp³-hybridized carbons (Fsp3) is 0.222. The molecule has 0 heterocycles. The van der Waals surface area contributed by atoms with E-state index >= 15 is 0 Å². The summed E-state index contributed by atoms with van der Waals surface area (Å²) in [6.45, 7) is 1.53. The average molecular weight is 419 g/mol. The minimum atomic E-state index is -4.49. The molecular weight excluding hydrogens is 404 g/mol. The highest BCUT2D eigenvalue weighted by molar-refractivity contribution is 6.39. The van der Waals surface area contributed by atoms with Crippen LogP contribution < -0.4 is 5.32 Å². The van der Waals surface area contributed by atoms with Crippen LogP contribution in [0.25, 0.3) is 0 Å². The zero-order valence-corrected chi connectivity index (χ0v) is 15.6. The summed E-state index contributed by atoms with van der Waals surface area (Å²) in [6, 6.07) is 8.53. The molecule has 0 aromatic heterocycles. The van der Waals surface area contributed by atoms with Crippen LogP contribution in [0.2, 0.25) is 10.0 Å². The fourth-order valence-electron chi connectivity index (χ4n) is 2.28. The molecule has 0 aliphatic carbocycles. The Bertz CT molecular complexity index is 819. The third-order valence-electron chi connectivity index (χ3n) is 3.69. The fourth-order valence-corrected chi connectivity index (χ4v) is 2.77. The first-order chi connectivity index (χ1) is 12.6. The Balaban J connectivity index is 2.09. The monoisotopic (exact) mass is 418 g/mol. The molecule has 144 valence electrons. The van der Waals surface area contributed by atoms with Crippen LogP contribution in [-0.2, 0) is 11.0 Å². The number of rotatable bonds is 5. The van der Waals surface area contributed by atoms with Gasteiger partial charge < -0.3 is 10.2 Å². The van der Waals surface area contributed by atoms with Gasteiger partial charge in [-0.3, -0.25) is 9.59 Å². The number of halogens is 5. The van der Waals surface area contributed by atoms with Gasteiger partial charge in [-0.25, -0.2) is 0 Å². The molecule has 0 spiro atoms. The van der Waals surface area contributed by atoms with Crippen molar-refractivity contribution >= 4 is 40.7 Å². The van der Waals surface area contributed by atoms with Gasteiger partial charge in [0.1, 0.15) is 6.54 Å². The molecule has 0 aliphatic rings. The molecule has 2 rings (SSSR count). The predicted molar refractivity (Wildman–Crippen MR) is 98.1 cm³/mol. The summed E-state index contributed by atoms with van der Waals surface area (Å²) in [7, 11) is 0. The van der Waals surface area contributed by atoms with Gasteiger partial charge in [0.15, 0.2) is 0 Å². The van der Waals surface area contributed by atoms with Gasteiger partial charge in [0, 0.05) is 12.1 Å². The number of hydrogen-bond donors (Lipinski definition) is 1. The zero-order chi connectivity index (χ0) is 20.2. The predicted octanol–water partition coefficient (Wildman–Crippen LogP) is 5.11. The van der Waals surface area contributed by atoms with Crippen molar-refractivity contribution < 1.29 is 22.8 Å². The topological polar surface area (TPSA) is 49.4 Å². The van der Waals surface area contributed by atoms with Gasteiger partial charge in [-0.15, -0.1) is 0 Å². The van der Waals surface area contributed by atoms with Crippen LogP contribution in [0.15, 0.2) is 42.5 Å². The number of nitrogens with one attached hydrogen (secondary N) is 1. The summed E-state index contributed by atoms with van der Waals surface area (Å²) < 4.78 is 37.9. The quantitative estimate of drug-likeness (QED) is 0.732. The summed E-state index contributed by atoms with van der Waals surface area (Å²) >= 11 is 12.0. The maximum Gasteiger partial charge on any atom is 0.416 e. The number of nitrogens with zero attached hydrogens (tertiary/aromatic N) is 1. The SMILES string of the molecule is CCN(CC(=O)Nc1c(Cl)cccc1Cl)C(=O)c1ccc(C(F)(F)F)cc1. The van der Waals surface area contributed by atoms with E-state index in [2.05, 4.69) is 5.32 Å². The molecule has 1 N–H and O–H groups in total. The maximum absolute atomic E-state index is 12.6. The molecule has 0 saturated carbocycles. The van der Waals surface area contributed by atoms with E-state index in [0.29, 0.717) is 0 Å². The van der Waals surface area contributed by atoms with E-state index in [4.69, 9.17) is 23.2 Å².